The molecule has 0 aromatic rings. The highest BCUT2D eigenvalue weighted by Gasteiger charge is 2.05. The minimum atomic E-state index is 0.204. The van der Waals surface area contributed by atoms with Gasteiger partial charge in [-0.15, -0.1) is 0 Å². The maximum atomic E-state index is 10.1. The van der Waals surface area contributed by atoms with Gasteiger partial charge in [-0.1, -0.05) is 0 Å². The zero-order valence-corrected chi connectivity index (χ0v) is 7.81. The highest BCUT2D eigenvalue weighted by molar-refractivity contribution is 5.77. The van der Waals surface area contributed by atoms with Crippen molar-refractivity contribution >= 4 is 5.91 Å². The smallest absolute Gasteiger partial charge is 0.220 e. The van der Waals surface area contributed by atoms with Gasteiger partial charge in [-0.05, 0) is 39.4 Å². The van der Waals surface area contributed by atoms with E-state index in [1.54, 1.807) is 0 Å². The normalized spacial score (nSPS) is 23.2. The van der Waals surface area contributed by atoms with Gasteiger partial charge >= 0.3 is 0 Å². The minimum Gasteiger partial charge on any atom is -0.356 e. The molecule has 2 aliphatic heterocycles. The molecule has 2 rings (SSSR count). The maximum Gasteiger partial charge on any atom is 0.220 e. The van der Waals surface area contributed by atoms with Crippen molar-refractivity contribution in [3.63, 3.8) is 0 Å². The number of nitrogens with one attached hydrogen (secondary N) is 1. The van der Waals surface area contributed by atoms with Crippen LogP contribution in [0, 0.1) is 0 Å². The van der Waals surface area contributed by atoms with Crippen molar-refractivity contribution in [2.75, 3.05) is 26.7 Å². The molecule has 0 spiro atoms. The first-order valence-electron chi connectivity index (χ1n) is 4.74. The van der Waals surface area contributed by atoms with Gasteiger partial charge < -0.3 is 10.2 Å². The van der Waals surface area contributed by atoms with E-state index < -0.39 is 0 Å². The van der Waals surface area contributed by atoms with E-state index in [-0.39, 0.29) is 5.91 Å². The average molecular weight is 170 g/mol. The zero-order valence-electron chi connectivity index (χ0n) is 7.81. The number of hydrogen-bond acceptors (Lipinski definition) is 2. The first-order valence-corrected chi connectivity index (χ1v) is 4.74. The van der Waals surface area contributed by atoms with Crippen molar-refractivity contribution in [1.82, 2.24) is 10.2 Å². The number of hydrogen-bond donors (Lipinski definition) is 1. The van der Waals surface area contributed by atoms with Crippen molar-refractivity contribution in [2.45, 2.75) is 25.7 Å². The molecule has 3 nitrogen and oxygen atoms in total. The first kappa shape index (κ1) is 9.52. The third-order valence-electron chi connectivity index (χ3n) is 2.23. The summed E-state index contributed by atoms with van der Waals surface area (Å²) in [5, 5.41) is 2.68. The van der Waals surface area contributed by atoms with Crippen LogP contribution in [-0.4, -0.2) is 37.5 Å². The lowest BCUT2D eigenvalue weighted by molar-refractivity contribution is -0.119. The Hall–Kier alpha value is -0.570. The van der Waals surface area contributed by atoms with E-state index in [9.17, 15) is 4.79 Å². The fourth-order valence-corrected chi connectivity index (χ4v) is 1.44. The van der Waals surface area contributed by atoms with Gasteiger partial charge in [0, 0.05) is 13.0 Å². The molecule has 1 N–H and O–H groups in total. The zero-order chi connectivity index (χ0) is 8.81. The van der Waals surface area contributed by atoms with Gasteiger partial charge in [-0.3, -0.25) is 4.79 Å². The molecule has 3 heteroatoms. The Morgan fingerprint density at radius 3 is 2.08 bits per heavy atom. The fraction of sp³-hybridized carbons (Fsp3) is 0.889. The molecule has 2 aliphatic rings. The summed E-state index contributed by atoms with van der Waals surface area (Å²) in [7, 11) is 2.17. The Balaban J connectivity index is 0.000000120. The van der Waals surface area contributed by atoms with Gasteiger partial charge in [-0.25, -0.2) is 0 Å². The van der Waals surface area contributed by atoms with Gasteiger partial charge in [0.15, 0.2) is 0 Å². The van der Waals surface area contributed by atoms with Crippen molar-refractivity contribution in [2.24, 2.45) is 0 Å². The van der Waals surface area contributed by atoms with E-state index >= 15 is 0 Å². The predicted octanol–water partition coefficient (Wildman–Crippen LogP) is 0.608. The molecule has 0 aromatic heterocycles. The van der Waals surface area contributed by atoms with Gasteiger partial charge in [-0.2, -0.15) is 0 Å². The largest absolute Gasteiger partial charge is 0.356 e. The Morgan fingerprint density at radius 2 is 1.92 bits per heavy atom. The van der Waals surface area contributed by atoms with Crippen molar-refractivity contribution < 1.29 is 4.79 Å². The maximum absolute atomic E-state index is 10.1. The van der Waals surface area contributed by atoms with Gasteiger partial charge in [0.25, 0.3) is 0 Å². The van der Waals surface area contributed by atoms with Crippen LogP contribution in [0.1, 0.15) is 25.7 Å². The van der Waals surface area contributed by atoms with E-state index in [2.05, 4.69) is 17.3 Å². The predicted molar refractivity (Wildman–Crippen MR) is 49.0 cm³/mol. The number of likely N-dealkylation sites (tertiary alicyclic amines) is 1. The Kier molecular flexibility index (Phi) is 4.08. The molecule has 70 valence electrons. The summed E-state index contributed by atoms with van der Waals surface area (Å²) in [6, 6.07) is 0. The van der Waals surface area contributed by atoms with Gasteiger partial charge in [0.2, 0.25) is 5.91 Å². The summed E-state index contributed by atoms with van der Waals surface area (Å²) in [6.07, 6.45) is 4.59. The summed E-state index contributed by atoms with van der Waals surface area (Å²) in [6.45, 7) is 3.53. The SMILES string of the molecule is CN1CCCC1.O=C1CCCN1. The second-order valence-corrected chi connectivity index (χ2v) is 3.46. The molecule has 2 saturated heterocycles. The lowest BCUT2D eigenvalue weighted by Gasteiger charge is -2.01. The second kappa shape index (κ2) is 5.14. The fourth-order valence-electron chi connectivity index (χ4n) is 1.44. The molecule has 12 heavy (non-hydrogen) atoms. The highest BCUT2D eigenvalue weighted by Crippen LogP contribution is 2.02. The minimum absolute atomic E-state index is 0.204. The molecule has 0 unspecified atom stereocenters. The Labute approximate surface area is 74.1 Å². The third-order valence-corrected chi connectivity index (χ3v) is 2.23. The third kappa shape index (κ3) is 3.72. The van der Waals surface area contributed by atoms with Gasteiger partial charge in [0.1, 0.15) is 0 Å². The number of rotatable bonds is 0. The molecule has 1 amide bonds. The molecule has 0 aliphatic carbocycles. The number of amides is 1. The quantitative estimate of drug-likeness (QED) is 0.577. The number of carbonyl (C=O) groups is 1. The lowest BCUT2D eigenvalue weighted by Crippen LogP contribution is -2.12. The molecule has 0 radical (unpaired) electrons. The standard InChI is InChI=1S/C5H11N.C4H7NO/c1-6-4-2-3-5-6;6-4-2-1-3-5-4/h2-5H2,1H3;1-3H2,(H,5,6). The van der Waals surface area contributed by atoms with Crippen LogP contribution in [0.15, 0.2) is 0 Å². The summed E-state index contributed by atoms with van der Waals surface area (Å²) < 4.78 is 0. The van der Waals surface area contributed by atoms with E-state index in [1.165, 1.54) is 25.9 Å². The van der Waals surface area contributed by atoms with Crippen LogP contribution < -0.4 is 5.32 Å². The molecular formula is C9H18N2O. The summed E-state index contributed by atoms with van der Waals surface area (Å²) in [5.41, 5.74) is 0. The average Bonchev–Trinajstić information content (AvgIpc) is 2.63. The Morgan fingerprint density at radius 1 is 1.25 bits per heavy atom. The van der Waals surface area contributed by atoms with Crippen LogP contribution in [0.2, 0.25) is 0 Å². The number of carbonyl (C=O) groups excluding carboxylic acids is 1. The molecular weight excluding hydrogens is 152 g/mol. The lowest BCUT2D eigenvalue weighted by atomic mass is 10.4. The van der Waals surface area contributed by atoms with Crippen LogP contribution in [0.25, 0.3) is 0 Å². The molecule has 0 bridgehead atoms. The van der Waals surface area contributed by atoms with E-state index in [4.69, 9.17) is 0 Å². The Bertz CT molecular complexity index is 133. The summed E-state index contributed by atoms with van der Waals surface area (Å²) in [4.78, 5) is 12.5. The van der Waals surface area contributed by atoms with E-state index in [0.717, 1.165) is 19.4 Å². The topological polar surface area (TPSA) is 32.3 Å². The summed E-state index contributed by atoms with van der Waals surface area (Å²) in [5.74, 6) is 0.204. The molecule has 0 atom stereocenters. The van der Waals surface area contributed by atoms with Crippen molar-refractivity contribution in [3.05, 3.63) is 0 Å². The highest BCUT2D eigenvalue weighted by atomic mass is 16.1. The van der Waals surface area contributed by atoms with Crippen LogP contribution in [0.5, 0.6) is 0 Å². The monoisotopic (exact) mass is 170 g/mol. The summed E-state index contributed by atoms with van der Waals surface area (Å²) >= 11 is 0. The molecule has 0 aromatic carbocycles. The van der Waals surface area contributed by atoms with Crippen LogP contribution in [-0.2, 0) is 4.79 Å². The van der Waals surface area contributed by atoms with Crippen LogP contribution >= 0.6 is 0 Å². The molecule has 2 heterocycles. The van der Waals surface area contributed by atoms with Gasteiger partial charge in [0.05, 0.1) is 0 Å². The van der Waals surface area contributed by atoms with Crippen molar-refractivity contribution in [1.29, 1.82) is 0 Å². The number of nitrogens with zero attached hydrogens (tertiary/aromatic N) is 1. The van der Waals surface area contributed by atoms with Crippen LogP contribution in [0.3, 0.4) is 0 Å². The molecule has 2 fully saturated rings. The van der Waals surface area contributed by atoms with E-state index in [0.29, 0.717) is 0 Å². The van der Waals surface area contributed by atoms with Crippen LogP contribution in [0.4, 0.5) is 0 Å². The van der Waals surface area contributed by atoms with E-state index in [1.807, 2.05) is 0 Å². The second-order valence-electron chi connectivity index (χ2n) is 3.46. The molecule has 0 saturated carbocycles. The first-order chi connectivity index (χ1) is 5.79. The van der Waals surface area contributed by atoms with Crippen molar-refractivity contribution in [3.8, 4) is 0 Å².